The lowest BCUT2D eigenvalue weighted by molar-refractivity contribution is 0.390. The van der Waals surface area contributed by atoms with Crippen molar-refractivity contribution in [2.75, 3.05) is 0 Å². The van der Waals surface area contributed by atoms with E-state index in [1.54, 1.807) is 16.8 Å². The van der Waals surface area contributed by atoms with Crippen LogP contribution in [0.5, 0.6) is 0 Å². The van der Waals surface area contributed by atoms with Crippen molar-refractivity contribution in [3.05, 3.63) is 75.4 Å². The lowest BCUT2D eigenvalue weighted by atomic mass is 9.85. The summed E-state index contributed by atoms with van der Waals surface area (Å²) in [5.74, 6) is 1.32. The Morgan fingerprint density at radius 1 is 1.09 bits per heavy atom. The highest BCUT2D eigenvalue weighted by atomic mass is 35.5. The topological polar surface area (TPSA) is 120 Å². The summed E-state index contributed by atoms with van der Waals surface area (Å²) in [7, 11) is 0. The highest BCUT2D eigenvalue weighted by Crippen LogP contribution is 2.36. The maximum Gasteiger partial charge on any atom is 0.252 e. The quantitative estimate of drug-likeness (QED) is 0.465. The van der Waals surface area contributed by atoms with Crippen LogP contribution in [0.1, 0.15) is 61.3 Å². The predicted molar refractivity (Wildman–Crippen MR) is 128 cm³/mol. The van der Waals surface area contributed by atoms with E-state index < -0.39 is 0 Å². The summed E-state index contributed by atoms with van der Waals surface area (Å²) >= 11 is 6.30. The summed E-state index contributed by atoms with van der Waals surface area (Å²) in [5.41, 5.74) is 10.5. The fourth-order valence-electron chi connectivity index (χ4n) is 5.38. The Morgan fingerprint density at radius 2 is 1.94 bits per heavy atom. The number of aromatic nitrogens is 7. The first kappa shape index (κ1) is 21.2. The summed E-state index contributed by atoms with van der Waals surface area (Å²) in [6.07, 6.45) is 9.34. The minimum atomic E-state index is -0.0884. The van der Waals surface area contributed by atoms with E-state index >= 15 is 0 Å². The Bertz CT molecular complexity index is 1380. The number of pyridine rings is 1. The Morgan fingerprint density at radius 3 is 2.74 bits per heavy atom. The van der Waals surface area contributed by atoms with E-state index in [1.165, 1.54) is 6.33 Å². The molecule has 1 aromatic carbocycles. The van der Waals surface area contributed by atoms with Crippen LogP contribution in [0, 0.1) is 0 Å². The summed E-state index contributed by atoms with van der Waals surface area (Å²) in [6, 6.07) is 9.42. The number of aryl methyl sites for hydroxylation is 1. The number of fused-ring (bicyclic) bond motifs is 1. The lowest BCUT2D eigenvalue weighted by Crippen LogP contribution is -2.26. The highest BCUT2D eigenvalue weighted by molar-refractivity contribution is 6.31. The third-order valence-corrected chi connectivity index (χ3v) is 7.38. The van der Waals surface area contributed by atoms with Gasteiger partial charge in [-0.05, 0) is 78.8 Å². The van der Waals surface area contributed by atoms with Gasteiger partial charge in [0.25, 0.3) is 5.56 Å². The van der Waals surface area contributed by atoms with Crippen molar-refractivity contribution < 1.29 is 0 Å². The van der Waals surface area contributed by atoms with Gasteiger partial charge in [-0.25, -0.2) is 4.98 Å². The minimum absolute atomic E-state index is 0.0563. The number of tetrazole rings is 1. The molecule has 0 amide bonds. The Kier molecular flexibility index (Phi) is 5.30. The van der Waals surface area contributed by atoms with E-state index in [9.17, 15) is 4.79 Å². The van der Waals surface area contributed by atoms with Crippen LogP contribution < -0.4 is 11.3 Å². The van der Waals surface area contributed by atoms with Crippen LogP contribution in [-0.4, -0.2) is 40.8 Å². The number of aromatic amines is 1. The Balaban J connectivity index is 1.34. The van der Waals surface area contributed by atoms with Crippen molar-refractivity contribution in [3.63, 3.8) is 0 Å². The monoisotopic (exact) mass is 476 g/mol. The molecule has 3 N–H and O–H groups in total. The molecule has 4 heterocycles. The van der Waals surface area contributed by atoms with Crippen molar-refractivity contribution in [3.8, 4) is 16.8 Å². The van der Waals surface area contributed by atoms with Gasteiger partial charge in [0.1, 0.15) is 12.2 Å². The number of imidazole rings is 1. The van der Waals surface area contributed by atoms with Crippen LogP contribution in [0.15, 0.2) is 47.7 Å². The highest BCUT2D eigenvalue weighted by Gasteiger charge is 2.29. The van der Waals surface area contributed by atoms with Gasteiger partial charge in [0, 0.05) is 46.2 Å². The average molecular weight is 477 g/mol. The second kappa shape index (κ2) is 8.48. The zero-order valence-corrected chi connectivity index (χ0v) is 19.3. The largest absolute Gasteiger partial charge is 0.344 e. The zero-order chi connectivity index (χ0) is 23.2. The first-order valence-electron chi connectivity index (χ1n) is 11.7. The van der Waals surface area contributed by atoms with Gasteiger partial charge in [-0.15, -0.1) is 5.10 Å². The summed E-state index contributed by atoms with van der Waals surface area (Å²) in [4.78, 5) is 21.6. The lowest BCUT2D eigenvalue weighted by Gasteiger charge is -2.25. The van der Waals surface area contributed by atoms with E-state index in [2.05, 4.69) is 31.6 Å². The molecule has 34 heavy (non-hydrogen) atoms. The third kappa shape index (κ3) is 3.74. The summed E-state index contributed by atoms with van der Waals surface area (Å²) in [6.45, 7) is 0. The van der Waals surface area contributed by atoms with Crippen LogP contribution >= 0.6 is 11.6 Å². The van der Waals surface area contributed by atoms with Crippen molar-refractivity contribution in [1.82, 2.24) is 34.7 Å². The molecule has 4 aromatic rings. The molecular weight excluding hydrogens is 452 g/mol. The average Bonchev–Trinajstić information content (AvgIpc) is 3.60. The van der Waals surface area contributed by atoms with Gasteiger partial charge in [0.05, 0.1) is 11.7 Å². The number of hydrogen-bond acceptors (Lipinski definition) is 6. The summed E-state index contributed by atoms with van der Waals surface area (Å²) in [5, 5.41) is 12.0. The van der Waals surface area contributed by atoms with Crippen molar-refractivity contribution in [2.45, 2.75) is 56.5 Å². The molecule has 174 valence electrons. The molecular formula is C24H25ClN8O. The van der Waals surface area contributed by atoms with Gasteiger partial charge in [0.2, 0.25) is 0 Å². The number of nitrogens with zero attached hydrogens (tertiary/aromatic N) is 6. The van der Waals surface area contributed by atoms with Crippen molar-refractivity contribution in [1.29, 1.82) is 0 Å². The maximum atomic E-state index is 13.3. The van der Waals surface area contributed by atoms with Crippen LogP contribution in [0.4, 0.5) is 0 Å². The van der Waals surface area contributed by atoms with Crippen molar-refractivity contribution in [2.24, 2.45) is 5.73 Å². The van der Waals surface area contributed by atoms with E-state index in [0.717, 1.165) is 72.6 Å². The first-order valence-corrected chi connectivity index (χ1v) is 12.0. The molecule has 2 aliphatic rings. The Hall–Kier alpha value is -3.30. The fraction of sp³-hybridized carbons (Fsp3) is 0.375. The van der Waals surface area contributed by atoms with Gasteiger partial charge in [-0.1, -0.05) is 11.6 Å². The molecule has 1 fully saturated rings. The van der Waals surface area contributed by atoms with E-state index in [1.807, 2.05) is 22.9 Å². The third-order valence-electron chi connectivity index (χ3n) is 7.14. The number of halogens is 1. The smallest absolute Gasteiger partial charge is 0.252 e. The van der Waals surface area contributed by atoms with Gasteiger partial charge >= 0.3 is 0 Å². The second-order valence-electron chi connectivity index (χ2n) is 9.25. The number of benzene rings is 1. The van der Waals surface area contributed by atoms with Gasteiger partial charge in [0.15, 0.2) is 0 Å². The molecule has 0 radical (unpaired) electrons. The molecule has 3 aromatic heterocycles. The Labute approximate surface area is 201 Å². The predicted octanol–water partition coefficient (Wildman–Crippen LogP) is 3.39. The van der Waals surface area contributed by atoms with Crippen LogP contribution in [0.25, 0.3) is 16.8 Å². The molecule has 6 rings (SSSR count). The molecule has 0 spiro atoms. The van der Waals surface area contributed by atoms with Gasteiger partial charge < -0.3 is 15.3 Å². The van der Waals surface area contributed by atoms with Crippen LogP contribution in [0.3, 0.4) is 0 Å². The number of H-pyrrole nitrogens is 1. The minimum Gasteiger partial charge on any atom is -0.344 e. The normalized spacial score (nSPS) is 22.1. The number of hydrogen-bond donors (Lipinski definition) is 2. The first-order chi connectivity index (χ1) is 16.6. The van der Waals surface area contributed by atoms with E-state index in [4.69, 9.17) is 17.3 Å². The number of nitrogens with two attached hydrogens (primary N) is 1. The maximum absolute atomic E-state index is 13.3. The molecule has 10 heteroatoms. The molecule has 0 unspecified atom stereocenters. The summed E-state index contributed by atoms with van der Waals surface area (Å²) < 4.78 is 3.44. The molecule has 1 saturated carbocycles. The number of nitrogens with one attached hydrogen (secondary N) is 1. The van der Waals surface area contributed by atoms with Gasteiger partial charge in [-0.3, -0.25) is 4.79 Å². The van der Waals surface area contributed by atoms with Crippen LogP contribution in [0.2, 0.25) is 5.02 Å². The molecule has 9 nitrogen and oxygen atoms in total. The molecule has 1 aliphatic heterocycles. The number of rotatable bonds is 4. The molecule has 0 bridgehead atoms. The molecule has 1 aliphatic carbocycles. The van der Waals surface area contributed by atoms with E-state index in [-0.39, 0.29) is 11.6 Å². The molecule has 1 atom stereocenters. The van der Waals surface area contributed by atoms with Crippen molar-refractivity contribution >= 4 is 11.6 Å². The van der Waals surface area contributed by atoms with E-state index in [0.29, 0.717) is 17.0 Å². The molecule has 0 saturated heterocycles. The second-order valence-corrected chi connectivity index (χ2v) is 9.69. The standard InChI is InChI=1S/C24H25ClN8O/c25-16-3-7-21(32-13-28-30-31-32)19(11-16)15-9-18-6-8-22(33(18)23(34)10-15)24-27-12-20(29-24)14-1-4-17(26)5-2-14/h3,7,9-14,17,22H,1-2,4-6,8,26H2,(H,27,29)/t14?,17?,22-/m0/s1. The SMILES string of the molecule is NC1CCC(c2cnc([C@@H]3CCc4cc(-c5cc(Cl)ccc5-n5cnnn5)cc(=O)n43)[nH]2)CC1. The van der Waals surface area contributed by atoms with Gasteiger partial charge in [-0.2, -0.15) is 4.68 Å². The van der Waals surface area contributed by atoms with Crippen LogP contribution in [-0.2, 0) is 6.42 Å². The zero-order valence-electron chi connectivity index (χ0n) is 18.6. The fourth-order valence-corrected chi connectivity index (χ4v) is 5.55.